The summed E-state index contributed by atoms with van der Waals surface area (Å²) < 4.78 is 6.07. The van der Waals surface area contributed by atoms with Gasteiger partial charge in [0.15, 0.2) is 0 Å². The van der Waals surface area contributed by atoms with Gasteiger partial charge in [0.1, 0.15) is 5.60 Å². The molecular formula is C17H24O2. The molecule has 0 saturated heterocycles. The third-order valence-corrected chi connectivity index (χ3v) is 6.56. The molecule has 3 fully saturated rings. The van der Waals surface area contributed by atoms with Crippen LogP contribution in [0.25, 0.3) is 0 Å². The highest BCUT2D eigenvalue weighted by Gasteiger charge is 2.53. The number of hydrogen-bond donors (Lipinski definition) is 0. The predicted octanol–water partition coefficient (Wildman–Crippen LogP) is 3.57. The van der Waals surface area contributed by atoms with Crippen LogP contribution in [0.4, 0.5) is 0 Å². The van der Waals surface area contributed by atoms with Crippen LogP contribution < -0.4 is 0 Å². The molecule has 3 saturated carbocycles. The predicted molar refractivity (Wildman–Crippen MR) is 73.3 cm³/mol. The van der Waals surface area contributed by atoms with E-state index in [1.54, 1.807) is 0 Å². The normalized spacial score (nSPS) is 54.0. The fourth-order valence-corrected chi connectivity index (χ4v) is 5.44. The number of esters is 1. The van der Waals surface area contributed by atoms with Crippen LogP contribution in [0.5, 0.6) is 0 Å². The van der Waals surface area contributed by atoms with E-state index >= 15 is 0 Å². The maximum Gasteiger partial charge on any atom is 0.310 e. The second-order valence-electron chi connectivity index (χ2n) is 7.65. The lowest BCUT2D eigenvalue weighted by Gasteiger charge is -2.36. The molecule has 0 heterocycles. The molecule has 0 N–H and O–H groups in total. The van der Waals surface area contributed by atoms with Crippen LogP contribution in [0.2, 0.25) is 0 Å². The average molecular weight is 260 g/mol. The maximum absolute atomic E-state index is 12.6. The lowest BCUT2D eigenvalue weighted by Crippen LogP contribution is -2.41. The number of ether oxygens (including phenoxy) is 1. The van der Waals surface area contributed by atoms with E-state index in [1.807, 2.05) is 0 Å². The van der Waals surface area contributed by atoms with Crippen LogP contribution in [-0.4, -0.2) is 11.6 Å². The lowest BCUT2D eigenvalue weighted by atomic mass is 9.83. The van der Waals surface area contributed by atoms with Crippen LogP contribution in [0.15, 0.2) is 12.2 Å². The third kappa shape index (κ3) is 1.64. The Morgan fingerprint density at radius 3 is 2.58 bits per heavy atom. The van der Waals surface area contributed by atoms with Crippen molar-refractivity contribution in [3.8, 4) is 0 Å². The van der Waals surface area contributed by atoms with E-state index in [2.05, 4.69) is 26.0 Å². The monoisotopic (exact) mass is 260 g/mol. The molecule has 104 valence electrons. The van der Waals surface area contributed by atoms with Crippen LogP contribution in [-0.2, 0) is 9.53 Å². The quantitative estimate of drug-likeness (QED) is 0.560. The number of carbonyl (C=O) groups is 1. The van der Waals surface area contributed by atoms with E-state index in [4.69, 9.17) is 4.74 Å². The van der Waals surface area contributed by atoms with Crippen molar-refractivity contribution in [1.29, 1.82) is 0 Å². The van der Waals surface area contributed by atoms with Gasteiger partial charge in [-0.15, -0.1) is 0 Å². The van der Waals surface area contributed by atoms with Crippen molar-refractivity contribution in [2.45, 2.75) is 51.6 Å². The van der Waals surface area contributed by atoms with Gasteiger partial charge in [-0.25, -0.2) is 0 Å². The van der Waals surface area contributed by atoms with Gasteiger partial charge in [-0.2, -0.15) is 0 Å². The Labute approximate surface area is 115 Å². The summed E-state index contributed by atoms with van der Waals surface area (Å²) in [6.45, 7) is 4.41. The molecule has 7 unspecified atom stereocenters. The highest BCUT2D eigenvalue weighted by molar-refractivity contribution is 5.75. The highest BCUT2D eigenvalue weighted by atomic mass is 16.6. The molecule has 4 rings (SSSR count). The second-order valence-corrected chi connectivity index (χ2v) is 7.65. The van der Waals surface area contributed by atoms with Crippen LogP contribution in [0.3, 0.4) is 0 Å². The standard InChI is InChI=1S/C17H24O2/c1-10-12-4-5-13(8-12)15(10)16(18)19-17(2)9-11-3-6-14(17)7-11/h4-5,10-15H,3,6-9H2,1-2H3. The Morgan fingerprint density at radius 1 is 1.21 bits per heavy atom. The second kappa shape index (κ2) is 3.86. The maximum atomic E-state index is 12.6. The molecule has 19 heavy (non-hydrogen) atoms. The minimum Gasteiger partial charge on any atom is -0.459 e. The number of carbonyl (C=O) groups excluding carboxylic acids is 1. The zero-order chi connectivity index (χ0) is 13.2. The van der Waals surface area contributed by atoms with Gasteiger partial charge in [-0.3, -0.25) is 4.79 Å². The van der Waals surface area contributed by atoms with Crippen LogP contribution in [0.1, 0.15) is 46.0 Å². The number of allylic oxidation sites excluding steroid dienone is 2. The van der Waals surface area contributed by atoms with Crippen LogP contribution in [0, 0.1) is 35.5 Å². The topological polar surface area (TPSA) is 26.3 Å². The highest BCUT2D eigenvalue weighted by Crippen LogP contribution is 2.54. The molecule has 0 radical (unpaired) electrons. The molecule has 0 amide bonds. The summed E-state index contributed by atoms with van der Waals surface area (Å²) in [7, 11) is 0. The van der Waals surface area contributed by atoms with Gasteiger partial charge >= 0.3 is 5.97 Å². The van der Waals surface area contributed by atoms with Gasteiger partial charge in [0.25, 0.3) is 0 Å². The summed E-state index contributed by atoms with van der Waals surface area (Å²) >= 11 is 0. The van der Waals surface area contributed by atoms with Crippen molar-refractivity contribution in [1.82, 2.24) is 0 Å². The first-order chi connectivity index (χ1) is 9.07. The Balaban J connectivity index is 1.49. The van der Waals surface area contributed by atoms with Gasteiger partial charge < -0.3 is 4.74 Å². The molecule has 0 aromatic carbocycles. The third-order valence-electron chi connectivity index (χ3n) is 6.56. The molecule has 4 bridgehead atoms. The summed E-state index contributed by atoms with van der Waals surface area (Å²) in [5.41, 5.74) is -0.148. The molecule has 0 spiro atoms. The Morgan fingerprint density at radius 2 is 2.00 bits per heavy atom. The van der Waals surface area contributed by atoms with Crippen molar-refractivity contribution in [2.24, 2.45) is 35.5 Å². The van der Waals surface area contributed by atoms with Crippen molar-refractivity contribution >= 4 is 5.97 Å². The first-order valence-corrected chi connectivity index (χ1v) is 7.98. The molecule has 4 aliphatic carbocycles. The van der Waals surface area contributed by atoms with Gasteiger partial charge in [0.2, 0.25) is 0 Å². The number of hydrogen-bond acceptors (Lipinski definition) is 2. The van der Waals surface area contributed by atoms with E-state index in [0.717, 1.165) is 12.3 Å². The first-order valence-electron chi connectivity index (χ1n) is 7.98. The van der Waals surface area contributed by atoms with E-state index in [0.29, 0.717) is 23.7 Å². The summed E-state index contributed by atoms with van der Waals surface area (Å²) in [6, 6.07) is 0. The van der Waals surface area contributed by atoms with Gasteiger partial charge in [0.05, 0.1) is 5.92 Å². The molecule has 0 aromatic rings. The Bertz CT molecular complexity index is 441. The van der Waals surface area contributed by atoms with E-state index < -0.39 is 0 Å². The molecule has 2 nitrogen and oxygen atoms in total. The minimum absolute atomic E-state index is 0.0967. The van der Waals surface area contributed by atoms with E-state index in [9.17, 15) is 4.79 Å². The molecule has 2 heteroatoms. The van der Waals surface area contributed by atoms with Gasteiger partial charge in [-0.1, -0.05) is 19.1 Å². The fourth-order valence-electron chi connectivity index (χ4n) is 5.44. The summed E-state index contributed by atoms with van der Waals surface area (Å²) in [6.07, 6.45) is 10.7. The van der Waals surface area contributed by atoms with Gasteiger partial charge in [-0.05, 0) is 68.6 Å². The first kappa shape index (κ1) is 12.0. The van der Waals surface area contributed by atoms with Crippen molar-refractivity contribution in [2.75, 3.05) is 0 Å². The zero-order valence-corrected chi connectivity index (χ0v) is 12.0. The minimum atomic E-state index is -0.148. The molecule has 0 aromatic heterocycles. The molecule has 0 aliphatic heterocycles. The number of rotatable bonds is 2. The summed E-state index contributed by atoms with van der Waals surface area (Å²) in [5, 5.41) is 0. The molecule has 7 atom stereocenters. The zero-order valence-electron chi connectivity index (χ0n) is 12.0. The van der Waals surface area contributed by atoms with Crippen LogP contribution >= 0.6 is 0 Å². The SMILES string of the molecule is CC1C2C=CC(C2)C1C(=O)OC1(C)CC2CCC1C2. The summed E-state index contributed by atoms with van der Waals surface area (Å²) in [5.74, 6) is 3.23. The largest absolute Gasteiger partial charge is 0.459 e. The molecule has 4 aliphatic rings. The van der Waals surface area contributed by atoms with Crippen molar-refractivity contribution in [3.63, 3.8) is 0 Å². The lowest BCUT2D eigenvalue weighted by molar-refractivity contribution is -0.171. The Kier molecular flexibility index (Phi) is 2.44. The van der Waals surface area contributed by atoms with Gasteiger partial charge in [0, 0.05) is 0 Å². The molecular weight excluding hydrogens is 236 g/mol. The van der Waals surface area contributed by atoms with Crippen molar-refractivity contribution in [3.05, 3.63) is 12.2 Å². The fraction of sp³-hybridized carbons (Fsp3) is 0.824. The Hall–Kier alpha value is -0.790. The number of fused-ring (bicyclic) bond motifs is 4. The van der Waals surface area contributed by atoms with E-state index in [-0.39, 0.29) is 17.5 Å². The summed E-state index contributed by atoms with van der Waals surface area (Å²) in [4.78, 5) is 12.6. The van der Waals surface area contributed by atoms with Crippen molar-refractivity contribution < 1.29 is 9.53 Å². The average Bonchev–Trinajstić information content (AvgIpc) is 3.05. The smallest absolute Gasteiger partial charge is 0.310 e. The van der Waals surface area contributed by atoms with E-state index in [1.165, 1.54) is 25.7 Å².